The first-order valence-corrected chi connectivity index (χ1v) is 9.24. The molecule has 0 atom stereocenters. The highest BCUT2D eigenvalue weighted by Crippen LogP contribution is 2.24. The highest BCUT2D eigenvalue weighted by atomic mass is 79.9. The predicted molar refractivity (Wildman–Crippen MR) is 113 cm³/mol. The zero-order valence-corrected chi connectivity index (χ0v) is 16.1. The number of hydrogen-bond donors (Lipinski definition) is 0. The number of halogens is 1. The van der Waals surface area contributed by atoms with E-state index in [-0.39, 0.29) is 5.78 Å². The van der Waals surface area contributed by atoms with Crippen LogP contribution in [0.5, 0.6) is 0 Å². The van der Waals surface area contributed by atoms with Gasteiger partial charge in [0.05, 0.1) is 0 Å². The molecule has 0 aliphatic carbocycles. The van der Waals surface area contributed by atoms with Gasteiger partial charge < -0.3 is 0 Å². The number of carbonyl (C=O) groups excluding carboxylic acids is 1. The fourth-order valence-corrected chi connectivity index (χ4v) is 3.10. The van der Waals surface area contributed by atoms with Gasteiger partial charge in [0.2, 0.25) is 0 Å². The Bertz CT molecular complexity index is 933. The van der Waals surface area contributed by atoms with Crippen LogP contribution in [0.3, 0.4) is 0 Å². The van der Waals surface area contributed by atoms with Crippen LogP contribution in [0.25, 0.3) is 16.7 Å². The topological polar surface area (TPSA) is 17.1 Å². The van der Waals surface area contributed by atoms with Gasteiger partial charge in [-0.15, -0.1) is 0 Å². The van der Waals surface area contributed by atoms with Gasteiger partial charge in [-0.3, -0.25) is 4.79 Å². The third-order valence-corrected chi connectivity index (χ3v) is 4.56. The second-order valence-electron chi connectivity index (χ2n) is 5.95. The van der Waals surface area contributed by atoms with Crippen LogP contribution in [-0.2, 0) is 0 Å². The van der Waals surface area contributed by atoms with Crippen molar-refractivity contribution in [2.24, 2.45) is 0 Å². The lowest BCUT2D eigenvalue weighted by atomic mass is 10.0. The van der Waals surface area contributed by atoms with E-state index in [0.717, 1.165) is 26.7 Å². The number of allylic oxidation sites excluding steroid dienone is 4. The molecule has 3 rings (SSSR count). The van der Waals surface area contributed by atoms with E-state index in [4.69, 9.17) is 0 Å². The Morgan fingerprint density at radius 3 is 1.81 bits per heavy atom. The van der Waals surface area contributed by atoms with E-state index in [9.17, 15) is 4.79 Å². The zero-order valence-electron chi connectivity index (χ0n) is 14.5. The summed E-state index contributed by atoms with van der Waals surface area (Å²) in [5, 5.41) is 0. The van der Waals surface area contributed by atoms with Crippen LogP contribution in [-0.4, -0.2) is 5.78 Å². The maximum Gasteiger partial charge on any atom is 0.185 e. The van der Waals surface area contributed by atoms with E-state index in [2.05, 4.69) is 28.1 Å². The summed E-state index contributed by atoms with van der Waals surface area (Å²) >= 11 is 3.54. The second kappa shape index (κ2) is 8.59. The molecule has 0 aromatic heterocycles. The van der Waals surface area contributed by atoms with Gasteiger partial charge in [-0.05, 0) is 45.8 Å². The Hall–Kier alpha value is -2.71. The third kappa shape index (κ3) is 4.47. The molecule has 0 spiro atoms. The SMILES string of the molecule is C/C(Br)=C(/C=C/C(=O)c1ccc(-c2ccccc2)cc1)c1ccccc1. The van der Waals surface area contributed by atoms with Crippen molar-refractivity contribution in [3.8, 4) is 11.1 Å². The Kier molecular flexibility index (Phi) is 5.98. The van der Waals surface area contributed by atoms with Crippen LogP contribution < -0.4 is 0 Å². The lowest BCUT2D eigenvalue weighted by Gasteiger charge is -2.05. The molecule has 1 nitrogen and oxygen atoms in total. The summed E-state index contributed by atoms with van der Waals surface area (Å²) in [4.78, 5) is 12.5. The summed E-state index contributed by atoms with van der Waals surface area (Å²) in [5.41, 5.74) is 5.00. The Morgan fingerprint density at radius 2 is 1.23 bits per heavy atom. The number of carbonyl (C=O) groups is 1. The third-order valence-electron chi connectivity index (χ3n) is 4.13. The molecule has 0 aliphatic heterocycles. The molecule has 0 aliphatic rings. The molecular formula is C24H19BrO. The molecule has 0 saturated heterocycles. The average molecular weight is 403 g/mol. The molecule has 3 aromatic carbocycles. The summed E-state index contributed by atoms with van der Waals surface area (Å²) in [5.74, 6) is -0.00760. The lowest BCUT2D eigenvalue weighted by Crippen LogP contribution is -1.94. The Balaban J connectivity index is 1.79. The fourth-order valence-electron chi connectivity index (χ4n) is 2.74. The number of rotatable bonds is 5. The van der Waals surface area contributed by atoms with Crippen molar-refractivity contribution < 1.29 is 4.79 Å². The van der Waals surface area contributed by atoms with Crippen molar-refractivity contribution in [1.29, 1.82) is 0 Å². The molecule has 128 valence electrons. The van der Waals surface area contributed by atoms with Crippen molar-refractivity contribution in [3.63, 3.8) is 0 Å². The van der Waals surface area contributed by atoms with Crippen LogP contribution in [0.4, 0.5) is 0 Å². The quantitative estimate of drug-likeness (QED) is 0.257. The van der Waals surface area contributed by atoms with Crippen molar-refractivity contribution in [3.05, 3.63) is 113 Å². The van der Waals surface area contributed by atoms with Gasteiger partial charge in [0.1, 0.15) is 0 Å². The summed E-state index contributed by atoms with van der Waals surface area (Å²) in [7, 11) is 0. The molecule has 2 heteroatoms. The molecule has 0 N–H and O–H groups in total. The molecule has 0 unspecified atom stereocenters. The summed E-state index contributed by atoms with van der Waals surface area (Å²) in [6, 6.07) is 27.9. The number of benzene rings is 3. The van der Waals surface area contributed by atoms with Gasteiger partial charge in [0.15, 0.2) is 5.78 Å². The molecule has 3 aromatic rings. The van der Waals surface area contributed by atoms with Crippen LogP contribution in [0.1, 0.15) is 22.8 Å². The summed E-state index contributed by atoms with van der Waals surface area (Å²) < 4.78 is 0.993. The van der Waals surface area contributed by atoms with E-state index in [1.165, 1.54) is 0 Å². The van der Waals surface area contributed by atoms with Gasteiger partial charge in [0, 0.05) is 5.56 Å². The van der Waals surface area contributed by atoms with Gasteiger partial charge in [0.25, 0.3) is 0 Å². The summed E-state index contributed by atoms with van der Waals surface area (Å²) in [6.45, 7) is 1.98. The first kappa shape index (κ1) is 18.1. The minimum absolute atomic E-state index is 0.00760. The lowest BCUT2D eigenvalue weighted by molar-refractivity contribution is 0.104. The van der Waals surface area contributed by atoms with E-state index < -0.39 is 0 Å². The standard InChI is InChI=1S/C24H19BrO/c1-18(25)23(21-10-6-3-7-11-21)16-17-24(26)22-14-12-20(13-15-22)19-8-4-2-5-9-19/h2-17H,1H3/b17-16+,23-18+. The highest BCUT2D eigenvalue weighted by molar-refractivity contribution is 9.11. The van der Waals surface area contributed by atoms with E-state index in [1.807, 2.05) is 85.8 Å². The van der Waals surface area contributed by atoms with Crippen molar-refractivity contribution >= 4 is 27.3 Å². The van der Waals surface area contributed by atoms with Crippen LogP contribution in [0.2, 0.25) is 0 Å². The highest BCUT2D eigenvalue weighted by Gasteiger charge is 2.05. The van der Waals surface area contributed by atoms with Gasteiger partial charge in [-0.2, -0.15) is 0 Å². The number of ketones is 1. The van der Waals surface area contributed by atoms with E-state index in [0.29, 0.717) is 5.56 Å². The monoisotopic (exact) mass is 402 g/mol. The first-order chi connectivity index (χ1) is 12.6. The van der Waals surface area contributed by atoms with Gasteiger partial charge >= 0.3 is 0 Å². The minimum Gasteiger partial charge on any atom is -0.289 e. The van der Waals surface area contributed by atoms with Crippen molar-refractivity contribution in [2.45, 2.75) is 6.92 Å². The van der Waals surface area contributed by atoms with Crippen LogP contribution in [0.15, 0.2) is 102 Å². The molecular weight excluding hydrogens is 384 g/mol. The van der Waals surface area contributed by atoms with Crippen molar-refractivity contribution in [2.75, 3.05) is 0 Å². The molecule has 0 radical (unpaired) electrons. The Morgan fingerprint density at radius 1 is 0.692 bits per heavy atom. The van der Waals surface area contributed by atoms with Crippen LogP contribution in [0, 0.1) is 0 Å². The van der Waals surface area contributed by atoms with Crippen LogP contribution >= 0.6 is 15.9 Å². The first-order valence-electron chi connectivity index (χ1n) is 8.45. The summed E-state index contributed by atoms with van der Waals surface area (Å²) in [6.07, 6.45) is 3.50. The smallest absolute Gasteiger partial charge is 0.185 e. The molecule has 0 amide bonds. The zero-order chi connectivity index (χ0) is 18.4. The molecule has 0 fully saturated rings. The second-order valence-corrected chi connectivity index (χ2v) is 7.14. The minimum atomic E-state index is -0.00760. The van der Waals surface area contributed by atoms with E-state index in [1.54, 1.807) is 6.08 Å². The maximum atomic E-state index is 12.5. The predicted octanol–water partition coefficient (Wildman–Crippen LogP) is 6.92. The Labute approximate surface area is 162 Å². The molecule has 26 heavy (non-hydrogen) atoms. The largest absolute Gasteiger partial charge is 0.289 e. The van der Waals surface area contributed by atoms with Gasteiger partial charge in [-0.25, -0.2) is 0 Å². The average Bonchev–Trinajstić information content (AvgIpc) is 2.69. The number of hydrogen-bond acceptors (Lipinski definition) is 1. The van der Waals surface area contributed by atoms with E-state index >= 15 is 0 Å². The molecule has 0 saturated carbocycles. The molecule has 0 bridgehead atoms. The maximum absolute atomic E-state index is 12.5. The van der Waals surface area contributed by atoms with Gasteiger partial charge in [-0.1, -0.05) is 101 Å². The molecule has 0 heterocycles. The van der Waals surface area contributed by atoms with Crippen molar-refractivity contribution in [1.82, 2.24) is 0 Å². The normalized spacial score (nSPS) is 12.1. The fraction of sp³-hybridized carbons (Fsp3) is 0.0417.